The summed E-state index contributed by atoms with van der Waals surface area (Å²) in [6, 6.07) is 9.40. The van der Waals surface area contributed by atoms with Crippen molar-refractivity contribution in [1.82, 2.24) is 15.1 Å². The molecule has 1 atom stereocenters. The number of halogens is 1. The standard InChI is InChI=1S/C13H15BrN4O/c1-16-13(12(15)19,10-5-3-2-4-6-10)9-18-8-11(14)7-17-18/h2-8,16H,9H2,1H3,(H2,15,19). The number of likely N-dealkylation sites (N-methyl/N-ethyl adjacent to an activating group) is 1. The molecule has 0 saturated carbocycles. The molecule has 0 aliphatic rings. The van der Waals surface area contributed by atoms with E-state index in [9.17, 15) is 4.79 Å². The van der Waals surface area contributed by atoms with Gasteiger partial charge in [0.2, 0.25) is 5.91 Å². The number of carbonyl (C=O) groups is 1. The minimum absolute atomic E-state index is 0.328. The minimum atomic E-state index is -0.979. The molecule has 100 valence electrons. The maximum absolute atomic E-state index is 12.0. The fraction of sp³-hybridized carbons (Fsp3) is 0.231. The van der Waals surface area contributed by atoms with Crippen LogP contribution in [0.25, 0.3) is 0 Å². The van der Waals surface area contributed by atoms with Crippen molar-refractivity contribution >= 4 is 21.8 Å². The van der Waals surface area contributed by atoms with Crippen LogP contribution in [0.1, 0.15) is 5.56 Å². The van der Waals surface area contributed by atoms with Crippen LogP contribution in [0.4, 0.5) is 0 Å². The van der Waals surface area contributed by atoms with Gasteiger partial charge in [0.25, 0.3) is 0 Å². The van der Waals surface area contributed by atoms with Gasteiger partial charge in [0, 0.05) is 6.20 Å². The van der Waals surface area contributed by atoms with E-state index in [-0.39, 0.29) is 0 Å². The lowest BCUT2D eigenvalue weighted by molar-refractivity contribution is -0.125. The molecule has 3 N–H and O–H groups in total. The van der Waals surface area contributed by atoms with Crippen LogP contribution >= 0.6 is 15.9 Å². The highest BCUT2D eigenvalue weighted by Gasteiger charge is 2.37. The van der Waals surface area contributed by atoms with Gasteiger partial charge in [-0.15, -0.1) is 0 Å². The highest BCUT2D eigenvalue weighted by molar-refractivity contribution is 9.10. The first-order valence-electron chi connectivity index (χ1n) is 5.81. The lowest BCUT2D eigenvalue weighted by Crippen LogP contribution is -2.54. The number of carbonyl (C=O) groups excluding carboxylic acids is 1. The summed E-state index contributed by atoms with van der Waals surface area (Å²) < 4.78 is 2.54. The fourth-order valence-electron chi connectivity index (χ4n) is 2.05. The van der Waals surface area contributed by atoms with Gasteiger partial charge in [-0.3, -0.25) is 9.48 Å². The molecule has 6 heteroatoms. The van der Waals surface area contributed by atoms with Gasteiger partial charge in [0.05, 0.1) is 17.2 Å². The molecule has 0 radical (unpaired) electrons. The van der Waals surface area contributed by atoms with Gasteiger partial charge in [-0.05, 0) is 28.5 Å². The Morgan fingerprint density at radius 2 is 2.16 bits per heavy atom. The zero-order valence-corrected chi connectivity index (χ0v) is 12.1. The number of benzene rings is 1. The Morgan fingerprint density at radius 1 is 1.47 bits per heavy atom. The molecule has 5 nitrogen and oxygen atoms in total. The Balaban J connectivity index is 2.43. The molecule has 1 unspecified atom stereocenters. The summed E-state index contributed by atoms with van der Waals surface area (Å²) in [5, 5.41) is 7.22. The normalized spacial score (nSPS) is 14.0. The number of hydrogen-bond acceptors (Lipinski definition) is 3. The summed E-state index contributed by atoms with van der Waals surface area (Å²) in [6.45, 7) is 0.328. The predicted octanol–water partition coefficient (Wildman–Crippen LogP) is 1.25. The Morgan fingerprint density at radius 3 is 2.63 bits per heavy atom. The predicted molar refractivity (Wildman–Crippen MR) is 76.3 cm³/mol. The topological polar surface area (TPSA) is 72.9 Å². The zero-order chi connectivity index (χ0) is 13.9. The van der Waals surface area contributed by atoms with Gasteiger partial charge >= 0.3 is 0 Å². The molecule has 0 aliphatic heterocycles. The number of nitrogens with two attached hydrogens (primary N) is 1. The van der Waals surface area contributed by atoms with Gasteiger partial charge in [-0.2, -0.15) is 5.10 Å². The van der Waals surface area contributed by atoms with Crippen LogP contribution in [-0.4, -0.2) is 22.7 Å². The second kappa shape index (κ2) is 5.54. The third kappa shape index (κ3) is 2.69. The Kier molecular flexibility index (Phi) is 4.01. The summed E-state index contributed by atoms with van der Waals surface area (Å²) in [4.78, 5) is 12.0. The van der Waals surface area contributed by atoms with E-state index >= 15 is 0 Å². The molecule has 1 amide bonds. The maximum atomic E-state index is 12.0. The number of primary amides is 1. The third-order valence-electron chi connectivity index (χ3n) is 3.11. The van der Waals surface area contributed by atoms with Crippen molar-refractivity contribution in [3.63, 3.8) is 0 Å². The van der Waals surface area contributed by atoms with Crippen LogP contribution in [-0.2, 0) is 16.9 Å². The monoisotopic (exact) mass is 322 g/mol. The van der Waals surface area contributed by atoms with E-state index in [2.05, 4.69) is 26.3 Å². The summed E-state index contributed by atoms with van der Waals surface area (Å²) >= 11 is 3.33. The van der Waals surface area contributed by atoms with Gasteiger partial charge < -0.3 is 11.1 Å². The van der Waals surface area contributed by atoms with Crippen molar-refractivity contribution in [2.45, 2.75) is 12.1 Å². The second-order valence-electron chi connectivity index (χ2n) is 4.24. The van der Waals surface area contributed by atoms with Crippen LogP contribution in [0.3, 0.4) is 0 Å². The van der Waals surface area contributed by atoms with Crippen LogP contribution in [0.2, 0.25) is 0 Å². The molecule has 2 rings (SSSR count). The number of hydrogen-bond donors (Lipinski definition) is 2. The molecule has 0 saturated heterocycles. The summed E-state index contributed by atoms with van der Waals surface area (Å²) in [7, 11) is 1.72. The first-order valence-corrected chi connectivity index (χ1v) is 6.60. The quantitative estimate of drug-likeness (QED) is 0.870. The van der Waals surface area contributed by atoms with E-state index in [4.69, 9.17) is 5.73 Å². The average molecular weight is 323 g/mol. The van der Waals surface area contributed by atoms with E-state index < -0.39 is 11.4 Å². The SMILES string of the molecule is CNC(Cn1cc(Br)cn1)(C(N)=O)c1ccccc1. The van der Waals surface area contributed by atoms with E-state index in [1.807, 2.05) is 30.3 Å². The van der Waals surface area contributed by atoms with E-state index in [0.29, 0.717) is 6.54 Å². The van der Waals surface area contributed by atoms with Crippen molar-refractivity contribution in [1.29, 1.82) is 0 Å². The van der Waals surface area contributed by atoms with Crippen molar-refractivity contribution in [2.24, 2.45) is 5.73 Å². The van der Waals surface area contributed by atoms with Gasteiger partial charge in [0.15, 0.2) is 0 Å². The molecular weight excluding hydrogens is 308 g/mol. The first-order chi connectivity index (χ1) is 9.08. The number of aromatic nitrogens is 2. The molecule has 19 heavy (non-hydrogen) atoms. The average Bonchev–Trinajstić information content (AvgIpc) is 2.82. The van der Waals surface area contributed by atoms with Crippen molar-refractivity contribution in [3.05, 3.63) is 52.8 Å². The smallest absolute Gasteiger partial charge is 0.244 e. The molecule has 0 fully saturated rings. The molecular formula is C13H15BrN4O. The lowest BCUT2D eigenvalue weighted by Gasteiger charge is -2.30. The Bertz CT molecular complexity index is 569. The Hall–Kier alpha value is -1.66. The number of nitrogens with one attached hydrogen (secondary N) is 1. The number of nitrogens with zero attached hydrogens (tertiary/aromatic N) is 2. The Labute approximate surface area is 119 Å². The van der Waals surface area contributed by atoms with Crippen molar-refractivity contribution in [3.8, 4) is 0 Å². The number of rotatable bonds is 5. The van der Waals surface area contributed by atoms with Gasteiger partial charge in [-0.25, -0.2) is 0 Å². The lowest BCUT2D eigenvalue weighted by atomic mass is 9.89. The van der Waals surface area contributed by atoms with Crippen LogP contribution < -0.4 is 11.1 Å². The fourth-order valence-corrected chi connectivity index (χ4v) is 2.38. The largest absolute Gasteiger partial charge is 0.368 e. The van der Waals surface area contributed by atoms with Crippen molar-refractivity contribution in [2.75, 3.05) is 7.05 Å². The molecule has 1 aromatic carbocycles. The second-order valence-corrected chi connectivity index (χ2v) is 5.16. The highest BCUT2D eigenvalue weighted by Crippen LogP contribution is 2.23. The number of amides is 1. The summed E-state index contributed by atoms with van der Waals surface area (Å²) in [6.07, 6.45) is 3.48. The zero-order valence-electron chi connectivity index (χ0n) is 10.5. The van der Waals surface area contributed by atoms with Gasteiger partial charge in [-0.1, -0.05) is 30.3 Å². The van der Waals surface area contributed by atoms with E-state index in [0.717, 1.165) is 10.0 Å². The third-order valence-corrected chi connectivity index (χ3v) is 3.52. The molecule has 0 bridgehead atoms. The van der Waals surface area contributed by atoms with E-state index in [1.54, 1.807) is 24.1 Å². The summed E-state index contributed by atoms with van der Waals surface area (Å²) in [5.74, 6) is -0.437. The molecule has 0 spiro atoms. The van der Waals surface area contributed by atoms with Gasteiger partial charge in [0.1, 0.15) is 5.54 Å². The molecule has 1 aromatic heterocycles. The molecule has 0 aliphatic carbocycles. The minimum Gasteiger partial charge on any atom is -0.368 e. The highest BCUT2D eigenvalue weighted by atomic mass is 79.9. The summed E-state index contributed by atoms with van der Waals surface area (Å²) in [5.41, 5.74) is 5.45. The van der Waals surface area contributed by atoms with E-state index in [1.165, 1.54) is 0 Å². The van der Waals surface area contributed by atoms with Crippen LogP contribution in [0.5, 0.6) is 0 Å². The van der Waals surface area contributed by atoms with Crippen LogP contribution in [0.15, 0.2) is 47.2 Å². The maximum Gasteiger partial charge on any atom is 0.244 e. The van der Waals surface area contributed by atoms with Crippen molar-refractivity contribution < 1.29 is 4.79 Å². The molecule has 1 heterocycles. The molecule has 2 aromatic rings. The first kappa shape index (κ1) is 13.8. The van der Waals surface area contributed by atoms with Crippen LogP contribution in [0, 0.1) is 0 Å².